The van der Waals surface area contributed by atoms with Gasteiger partial charge in [-0.1, -0.05) is 29.8 Å². The van der Waals surface area contributed by atoms with Gasteiger partial charge in [0.25, 0.3) is 0 Å². The fraction of sp³-hybridized carbons (Fsp3) is 0.105. The molecule has 1 N–H and O–H groups in total. The van der Waals surface area contributed by atoms with Gasteiger partial charge in [-0.2, -0.15) is 5.10 Å². The number of pyridine rings is 1. The molecule has 0 radical (unpaired) electrons. The minimum Gasteiger partial charge on any atom is -0.455 e. The molecule has 0 fully saturated rings. The molecular weight excluding hydrogens is 352 g/mol. The van der Waals surface area contributed by atoms with Crippen molar-refractivity contribution in [1.82, 2.24) is 14.8 Å². The second kappa shape index (κ2) is 7.84. The zero-order valence-electron chi connectivity index (χ0n) is 14.3. The summed E-state index contributed by atoms with van der Waals surface area (Å²) in [6, 6.07) is 11.0. The number of carbonyl (C=O) groups is 1. The number of nitrogens with zero attached hydrogens (tertiary/aromatic N) is 3. The van der Waals surface area contributed by atoms with Gasteiger partial charge in [-0.05, 0) is 25.1 Å². The van der Waals surface area contributed by atoms with E-state index < -0.39 is 0 Å². The highest BCUT2D eigenvalue weighted by atomic mass is 35.5. The number of aromatic nitrogens is 3. The second-order valence-corrected chi connectivity index (χ2v) is 5.88. The van der Waals surface area contributed by atoms with E-state index in [1.54, 1.807) is 30.1 Å². The van der Waals surface area contributed by atoms with Crippen LogP contribution in [0.25, 0.3) is 6.08 Å². The van der Waals surface area contributed by atoms with Crippen molar-refractivity contribution in [3.05, 3.63) is 71.3 Å². The summed E-state index contributed by atoms with van der Waals surface area (Å²) in [6.45, 7) is 1.83. The number of hydrogen-bond donors (Lipinski definition) is 1. The summed E-state index contributed by atoms with van der Waals surface area (Å²) in [6.07, 6.45) is 6.16. The summed E-state index contributed by atoms with van der Waals surface area (Å²) in [5.41, 5.74) is 1.92. The minimum absolute atomic E-state index is 0.324. The molecule has 26 heavy (non-hydrogen) atoms. The molecule has 7 heteroatoms. The number of nitrogens with one attached hydrogen (secondary N) is 1. The van der Waals surface area contributed by atoms with Crippen LogP contribution in [0.1, 0.15) is 11.3 Å². The van der Waals surface area contributed by atoms with Crippen LogP contribution in [0, 0.1) is 6.92 Å². The van der Waals surface area contributed by atoms with Gasteiger partial charge in [-0.25, -0.2) is 0 Å². The summed E-state index contributed by atoms with van der Waals surface area (Å²) in [5, 5.41) is 7.44. The van der Waals surface area contributed by atoms with Crippen LogP contribution in [0.15, 0.2) is 54.9 Å². The third-order valence-electron chi connectivity index (χ3n) is 3.61. The van der Waals surface area contributed by atoms with Crippen molar-refractivity contribution in [2.24, 2.45) is 7.05 Å². The van der Waals surface area contributed by atoms with Gasteiger partial charge in [0, 0.05) is 31.0 Å². The zero-order valence-corrected chi connectivity index (χ0v) is 15.1. The molecule has 0 aliphatic carbocycles. The maximum atomic E-state index is 12.3. The number of para-hydroxylation sites is 1. The molecule has 0 atom stereocenters. The van der Waals surface area contributed by atoms with Crippen LogP contribution >= 0.6 is 11.6 Å². The van der Waals surface area contributed by atoms with E-state index in [4.69, 9.17) is 16.3 Å². The monoisotopic (exact) mass is 368 g/mol. The van der Waals surface area contributed by atoms with E-state index in [1.165, 1.54) is 12.3 Å². The van der Waals surface area contributed by atoms with Crippen LogP contribution in [0.5, 0.6) is 11.5 Å². The Bertz CT molecular complexity index is 951. The topological polar surface area (TPSA) is 69.0 Å². The number of hydrogen-bond acceptors (Lipinski definition) is 4. The Balaban J connectivity index is 1.74. The Labute approximate surface area is 156 Å². The number of ether oxygens (including phenoxy) is 1. The van der Waals surface area contributed by atoms with Crippen molar-refractivity contribution in [2.45, 2.75) is 6.92 Å². The molecule has 0 unspecified atom stereocenters. The number of halogens is 1. The maximum Gasteiger partial charge on any atom is 0.248 e. The highest BCUT2D eigenvalue weighted by molar-refractivity contribution is 6.31. The molecule has 0 aliphatic rings. The summed E-state index contributed by atoms with van der Waals surface area (Å²) < 4.78 is 7.36. The highest BCUT2D eigenvalue weighted by Crippen LogP contribution is 2.28. The summed E-state index contributed by atoms with van der Waals surface area (Å²) in [4.78, 5) is 16.3. The Morgan fingerprint density at radius 3 is 2.73 bits per heavy atom. The van der Waals surface area contributed by atoms with Crippen molar-refractivity contribution in [1.29, 1.82) is 0 Å². The quantitative estimate of drug-likeness (QED) is 0.684. The van der Waals surface area contributed by atoms with Gasteiger partial charge < -0.3 is 10.1 Å². The molecule has 0 aliphatic heterocycles. The molecule has 0 spiro atoms. The number of carbonyl (C=O) groups excluding carboxylic acids is 1. The van der Waals surface area contributed by atoms with E-state index in [1.807, 2.05) is 37.3 Å². The highest BCUT2D eigenvalue weighted by Gasteiger charge is 2.10. The predicted molar refractivity (Wildman–Crippen MR) is 101 cm³/mol. The third-order valence-corrected chi connectivity index (χ3v) is 4.06. The minimum atomic E-state index is -0.324. The Hall–Kier alpha value is -3.12. The summed E-state index contributed by atoms with van der Waals surface area (Å²) in [5.74, 6) is 0.848. The van der Waals surface area contributed by atoms with Gasteiger partial charge in [0.05, 0.1) is 11.9 Å². The molecule has 2 heterocycles. The molecule has 1 amide bonds. The number of amides is 1. The van der Waals surface area contributed by atoms with Crippen molar-refractivity contribution in [3.63, 3.8) is 0 Å². The SMILES string of the molecule is Cc1nn(C)c(Cl)c1/C=C\C(=O)Nc1cnccc1Oc1ccccc1. The molecule has 0 bridgehead atoms. The van der Waals surface area contributed by atoms with Gasteiger partial charge in [0.15, 0.2) is 5.75 Å². The van der Waals surface area contributed by atoms with Gasteiger partial charge in [-0.15, -0.1) is 0 Å². The smallest absolute Gasteiger partial charge is 0.248 e. The van der Waals surface area contributed by atoms with Gasteiger partial charge >= 0.3 is 0 Å². The number of rotatable bonds is 5. The van der Waals surface area contributed by atoms with E-state index in [-0.39, 0.29) is 5.91 Å². The van der Waals surface area contributed by atoms with Crippen molar-refractivity contribution in [3.8, 4) is 11.5 Å². The summed E-state index contributed by atoms with van der Waals surface area (Å²) >= 11 is 6.16. The molecule has 3 aromatic rings. The van der Waals surface area contributed by atoms with Crippen LogP contribution < -0.4 is 10.1 Å². The van der Waals surface area contributed by atoms with Crippen LogP contribution in [-0.4, -0.2) is 20.7 Å². The molecule has 3 rings (SSSR count). The Kier molecular flexibility index (Phi) is 5.34. The van der Waals surface area contributed by atoms with Gasteiger partial charge in [-0.3, -0.25) is 14.5 Å². The van der Waals surface area contributed by atoms with Crippen LogP contribution in [0.4, 0.5) is 5.69 Å². The molecule has 0 saturated carbocycles. The summed E-state index contributed by atoms with van der Waals surface area (Å²) in [7, 11) is 1.75. The molecule has 132 valence electrons. The van der Waals surface area contributed by atoms with E-state index >= 15 is 0 Å². The average molecular weight is 369 g/mol. The van der Waals surface area contributed by atoms with Crippen molar-refractivity contribution < 1.29 is 9.53 Å². The fourth-order valence-corrected chi connectivity index (χ4v) is 2.59. The standard InChI is InChI=1S/C19H17ClN4O2/c1-13-15(19(20)24(2)23-13)8-9-18(25)22-16-12-21-11-10-17(16)26-14-6-4-3-5-7-14/h3-12H,1-2H3,(H,22,25)/b9-8-. The number of anilines is 1. The fourth-order valence-electron chi connectivity index (χ4n) is 2.35. The van der Waals surface area contributed by atoms with Crippen molar-refractivity contribution >= 4 is 29.3 Å². The lowest BCUT2D eigenvalue weighted by Gasteiger charge is -2.10. The first kappa shape index (κ1) is 17.7. The first-order valence-corrected chi connectivity index (χ1v) is 8.27. The second-order valence-electron chi connectivity index (χ2n) is 5.52. The first-order chi connectivity index (χ1) is 12.5. The van der Waals surface area contributed by atoms with E-state index in [2.05, 4.69) is 15.4 Å². The zero-order chi connectivity index (χ0) is 18.5. The largest absolute Gasteiger partial charge is 0.455 e. The van der Waals surface area contributed by atoms with Gasteiger partial charge in [0.1, 0.15) is 16.6 Å². The third kappa shape index (κ3) is 4.10. The lowest BCUT2D eigenvalue weighted by atomic mass is 10.2. The van der Waals surface area contributed by atoms with Crippen LogP contribution in [0.2, 0.25) is 5.15 Å². The van der Waals surface area contributed by atoms with E-state index in [9.17, 15) is 4.79 Å². The molecular formula is C19H17ClN4O2. The first-order valence-electron chi connectivity index (χ1n) is 7.89. The average Bonchev–Trinajstić information content (AvgIpc) is 2.88. The van der Waals surface area contributed by atoms with E-state index in [0.29, 0.717) is 27.9 Å². The van der Waals surface area contributed by atoms with Crippen LogP contribution in [0.3, 0.4) is 0 Å². The molecule has 0 saturated heterocycles. The molecule has 2 aromatic heterocycles. The normalized spacial score (nSPS) is 10.9. The van der Waals surface area contributed by atoms with Gasteiger partial charge in [0.2, 0.25) is 5.91 Å². The van der Waals surface area contributed by atoms with Crippen LogP contribution in [-0.2, 0) is 11.8 Å². The number of benzene rings is 1. The molecule has 6 nitrogen and oxygen atoms in total. The lowest BCUT2D eigenvalue weighted by Crippen LogP contribution is -2.09. The number of aryl methyl sites for hydroxylation is 2. The molecule has 1 aromatic carbocycles. The van der Waals surface area contributed by atoms with Crippen molar-refractivity contribution in [2.75, 3.05) is 5.32 Å². The predicted octanol–water partition coefficient (Wildman–Crippen LogP) is 4.22. The van der Waals surface area contributed by atoms with E-state index in [0.717, 1.165) is 5.69 Å². The Morgan fingerprint density at radius 1 is 1.27 bits per heavy atom. The lowest BCUT2D eigenvalue weighted by molar-refractivity contribution is -0.111. The maximum absolute atomic E-state index is 12.3. The Morgan fingerprint density at radius 2 is 2.04 bits per heavy atom.